The van der Waals surface area contributed by atoms with Crippen molar-refractivity contribution in [3.05, 3.63) is 89.4 Å². The maximum Gasteiger partial charge on any atom is 0.256 e. The first-order chi connectivity index (χ1) is 15.6. The molecule has 5 rings (SSSR count). The fourth-order valence-corrected chi connectivity index (χ4v) is 4.44. The first kappa shape index (κ1) is 20.1. The van der Waals surface area contributed by atoms with Gasteiger partial charge in [0.05, 0.1) is 11.2 Å². The van der Waals surface area contributed by atoms with E-state index in [1.54, 1.807) is 10.7 Å². The van der Waals surface area contributed by atoms with Gasteiger partial charge in [-0.1, -0.05) is 48.2 Å². The number of thioether (sulfide) groups is 1. The molecule has 8 heteroatoms. The molecule has 3 heterocycles. The summed E-state index contributed by atoms with van der Waals surface area (Å²) in [5.41, 5.74) is 4.86. The summed E-state index contributed by atoms with van der Waals surface area (Å²) in [6.45, 7) is 3.92. The molecule has 0 atom stereocenters. The molecule has 7 nitrogen and oxygen atoms in total. The lowest BCUT2D eigenvalue weighted by molar-refractivity contribution is 0.102. The second-order valence-electron chi connectivity index (χ2n) is 7.43. The molecule has 0 saturated heterocycles. The molecule has 0 aliphatic carbocycles. The van der Waals surface area contributed by atoms with Crippen LogP contribution in [0.1, 0.15) is 27.3 Å². The fraction of sp³-hybridized carbons (Fsp3) is 0.125. The van der Waals surface area contributed by atoms with Crippen molar-refractivity contribution >= 4 is 40.0 Å². The van der Waals surface area contributed by atoms with Crippen LogP contribution in [-0.2, 0) is 5.75 Å². The molecule has 0 saturated carbocycles. The van der Waals surface area contributed by atoms with E-state index >= 15 is 0 Å². The van der Waals surface area contributed by atoms with Gasteiger partial charge in [-0.25, -0.2) is 9.50 Å². The maximum absolute atomic E-state index is 13.1. The third-order valence-corrected chi connectivity index (χ3v) is 5.99. The van der Waals surface area contributed by atoms with E-state index in [1.165, 1.54) is 11.8 Å². The number of para-hydroxylation sites is 1. The molecule has 0 fully saturated rings. The number of hydrogen-bond acceptors (Lipinski definition) is 6. The summed E-state index contributed by atoms with van der Waals surface area (Å²) in [6, 6.07) is 19.1. The number of anilines is 1. The van der Waals surface area contributed by atoms with E-state index in [0.717, 1.165) is 27.9 Å². The number of pyridine rings is 1. The van der Waals surface area contributed by atoms with Crippen LogP contribution in [0.15, 0.2) is 72.0 Å². The normalized spacial score (nSPS) is 11.2. The smallest absolute Gasteiger partial charge is 0.256 e. The number of aryl methyl sites for hydroxylation is 2. The zero-order valence-corrected chi connectivity index (χ0v) is 18.4. The summed E-state index contributed by atoms with van der Waals surface area (Å²) in [5, 5.41) is 9.16. The first-order valence-corrected chi connectivity index (χ1v) is 11.1. The molecule has 0 bridgehead atoms. The van der Waals surface area contributed by atoms with E-state index in [1.807, 2.05) is 74.5 Å². The lowest BCUT2D eigenvalue weighted by Gasteiger charge is -2.11. The number of aromatic nitrogens is 5. The third kappa shape index (κ3) is 3.92. The highest BCUT2D eigenvalue weighted by atomic mass is 32.2. The monoisotopic (exact) mass is 440 g/mol. The summed E-state index contributed by atoms with van der Waals surface area (Å²) in [7, 11) is 0. The lowest BCUT2D eigenvalue weighted by atomic mass is 10.1. The van der Waals surface area contributed by atoms with Crippen molar-refractivity contribution in [3.8, 4) is 0 Å². The van der Waals surface area contributed by atoms with Crippen molar-refractivity contribution in [2.24, 2.45) is 0 Å². The highest BCUT2D eigenvalue weighted by Crippen LogP contribution is 2.25. The Morgan fingerprint density at radius 3 is 2.78 bits per heavy atom. The number of amides is 1. The number of nitrogens with zero attached hydrogens (tertiary/aromatic N) is 5. The van der Waals surface area contributed by atoms with Crippen molar-refractivity contribution in [1.82, 2.24) is 24.6 Å². The summed E-state index contributed by atoms with van der Waals surface area (Å²) in [6.07, 6.45) is 1.72. The number of nitrogens with one attached hydrogen (secondary N) is 1. The standard InChI is InChI=1S/C24H20N6OS/c1-15-13-16(2)30-23(26-15)28-24(29-30)32-14-18-7-3-4-10-19(18)22(31)27-20-11-5-8-17-9-6-12-25-21(17)20/h3-13H,14H2,1-2H3,(H,27,31). The summed E-state index contributed by atoms with van der Waals surface area (Å²) in [4.78, 5) is 26.5. The molecule has 0 spiro atoms. The third-order valence-electron chi connectivity index (χ3n) is 5.10. The zero-order valence-electron chi connectivity index (χ0n) is 17.6. The summed E-state index contributed by atoms with van der Waals surface area (Å²) >= 11 is 1.48. The molecule has 3 aromatic heterocycles. The van der Waals surface area contributed by atoms with E-state index < -0.39 is 0 Å². The Kier molecular flexibility index (Phi) is 5.28. The average Bonchev–Trinajstić information content (AvgIpc) is 3.21. The van der Waals surface area contributed by atoms with Crippen molar-refractivity contribution in [1.29, 1.82) is 0 Å². The Morgan fingerprint density at radius 2 is 1.88 bits per heavy atom. The predicted molar refractivity (Wildman–Crippen MR) is 126 cm³/mol. The minimum atomic E-state index is -0.171. The number of fused-ring (bicyclic) bond motifs is 2. The minimum absolute atomic E-state index is 0.171. The second-order valence-corrected chi connectivity index (χ2v) is 8.37. The topological polar surface area (TPSA) is 85.1 Å². The van der Waals surface area contributed by atoms with Crippen LogP contribution >= 0.6 is 11.8 Å². The molecule has 0 radical (unpaired) electrons. The van der Waals surface area contributed by atoms with Gasteiger partial charge in [-0.05, 0) is 43.7 Å². The number of benzene rings is 2. The molecule has 0 unspecified atom stereocenters. The Balaban J connectivity index is 1.38. The van der Waals surface area contributed by atoms with Crippen molar-refractivity contribution in [3.63, 3.8) is 0 Å². The summed E-state index contributed by atoms with van der Waals surface area (Å²) in [5.74, 6) is 0.974. The highest BCUT2D eigenvalue weighted by Gasteiger charge is 2.15. The minimum Gasteiger partial charge on any atom is -0.320 e. The number of carbonyl (C=O) groups excluding carboxylic acids is 1. The van der Waals surface area contributed by atoms with E-state index in [4.69, 9.17) is 0 Å². The van der Waals surface area contributed by atoms with Crippen LogP contribution in [0.3, 0.4) is 0 Å². The van der Waals surface area contributed by atoms with Crippen LogP contribution in [0.4, 0.5) is 5.69 Å². The van der Waals surface area contributed by atoms with Gasteiger partial charge in [0, 0.05) is 34.3 Å². The van der Waals surface area contributed by atoms with Gasteiger partial charge >= 0.3 is 0 Å². The molecule has 0 aliphatic rings. The van der Waals surface area contributed by atoms with Crippen LogP contribution in [0.2, 0.25) is 0 Å². The zero-order chi connectivity index (χ0) is 22.1. The predicted octanol–water partition coefficient (Wildman–Crippen LogP) is 4.83. The van der Waals surface area contributed by atoms with Crippen LogP contribution < -0.4 is 5.32 Å². The molecule has 0 aliphatic heterocycles. The van der Waals surface area contributed by atoms with Gasteiger partial charge in [0.2, 0.25) is 5.16 Å². The molecular formula is C24H20N6OS. The van der Waals surface area contributed by atoms with Crippen molar-refractivity contribution in [2.45, 2.75) is 24.8 Å². The largest absolute Gasteiger partial charge is 0.320 e. The van der Waals surface area contributed by atoms with Crippen molar-refractivity contribution in [2.75, 3.05) is 5.32 Å². The Hall–Kier alpha value is -3.78. The molecule has 2 aromatic carbocycles. The van der Waals surface area contributed by atoms with Gasteiger partial charge in [-0.3, -0.25) is 9.78 Å². The quantitative estimate of drug-likeness (QED) is 0.394. The average molecular weight is 441 g/mol. The van der Waals surface area contributed by atoms with Crippen LogP contribution in [0.5, 0.6) is 0 Å². The highest BCUT2D eigenvalue weighted by molar-refractivity contribution is 7.98. The summed E-state index contributed by atoms with van der Waals surface area (Å²) < 4.78 is 1.74. The number of rotatable bonds is 5. The van der Waals surface area contributed by atoms with Gasteiger partial charge in [-0.2, -0.15) is 4.98 Å². The molecule has 158 valence electrons. The van der Waals surface area contributed by atoms with Crippen LogP contribution in [0, 0.1) is 13.8 Å². The van der Waals surface area contributed by atoms with Crippen molar-refractivity contribution < 1.29 is 4.79 Å². The van der Waals surface area contributed by atoms with Gasteiger partial charge < -0.3 is 5.32 Å². The van der Waals surface area contributed by atoms with Crippen LogP contribution in [0.25, 0.3) is 16.7 Å². The second kappa shape index (κ2) is 8.39. The molecular weight excluding hydrogens is 420 g/mol. The Labute approximate surface area is 188 Å². The van der Waals surface area contributed by atoms with Gasteiger partial charge in [0.1, 0.15) is 0 Å². The van der Waals surface area contributed by atoms with E-state index in [2.05, 4.69) is 25.4 Å². The van der Waals surface area contributed by atoms with Crippen LogP contribution in [-0.4, -0.2) is 30.5 Å². The lowest BCUT2D eigenvalue weighted by Crippen LogP contribution is -2.14. The van der Waals surface area contributed by atoms with Gasteiger partial charge in [0.25, 0.3) is 11.7 Å². The van der Waals surface area contributed by atoms with E-state index in [0.29, 0.717) is 27.9 Å². The maximum atomic E-state index is 13.1. The molecule has 32 heavy (non-hydrogen) atoms. The Bertz CT molecular complexity index is 1460. The number of carbonyl (C=O) groups is 1. The molecule has 5 aromatic rings. The molecule has 1 N–H and O–H groups in total. The van der Waals surface area contributed by atoms with E-state index in [9.17, 15) is 4.79 Å². The van der Waals surface area contributed by atoms with Gasteiger partial charge in [0.15, 0.2) is 0 Å². The number of hydrogen-bond donors (Lipinski definition) is 1. The van der Waals surface area contributed by atoms with E-state index in [-0.39, 0.29) is 5.91 Å². The SMILES string of the molecule is Cc1cc(C)n2nc(SCc3ccccc3C(=O)Nc3cccc4cccnc34)nc2n1. The van der Waals surface area contributed by atoms with Gasteiger partial charge in [-0.15, -0.1) is 5.10 Å². The Morgan fingerprint density at radius 1 is 1.03 bits per heavy atom. The fourth-order valence-electron chi connectivity index (χ4n) is 3.61. The molecule has 1 amide bonds. The first-order valence-electron chi connectivity index (χ1n) is 10.2.